The second kappa shape index (κ2) is 5.05. The molecule has 4 nitrogen and oxygen atoms in total. The normalized spacial score (nSPS) is 33.7. The van der Waals surface area contributed by atoms with E-state index in [1.807, 2.05) is 0 Å². The molecule has 1 aromatic carbocycles. The van der Waals surface area contributed by atoms with Gasteiger partial charge in [-0.1, -0.05) is 31.0 Å². The first-order chi connectivity index (χ1) is 10.4. The number of aliphatic imine (C=N–C) groups is 1. The van der Waals surface area contributed by atoms with E-state index in [4.69, 9.17) is 5.73 Å². The number of hydrogen-bond acceptors (Lipinski definition) is 4. The van der Waals surface area contributed by atoms with Crippen molar-refractivity contribution >= 4 is 15.6 Å². The Morgan fingerprint density at radius 3 is 2.55 bits per heavy atom. The van der Waals surface area contributed by atoms with Gasteiger partial charge in [0, 0.05) is 12.6 Å². The highest BCUT2D eigenvalue weighted by Crippen LogP contribution is 2.46. The molecule has 0 radical (unpaired) electrons. The number of halogens is 1. The summed E-state index contributed by atoms with van der Waals surface area (Å²) in [6.45, 7) is 1.80. The number of nitrogens with two attached hydrogens (primary N) is 1. The molecule has 1 aromatic rings. The van der Waals surface area contributed by atoms with Crippen molar-refractivity contribution in [1.29, 1.82) is 0 Å². The average molecular weight is 323 g/mol. The molecule has 1 heterocycles. The highest BCUT2D eigenvalue weighted by molar-refractivity contribution is 7.95. The molecule has 3 rings (SSSR count). The fourth-order valence-electron chi connectivity index (χ4n) is 3.88. The first-order valence-electron chi connectivity index (χ1n) is 7.60. The van der Waals surface area contributed by atoms with Gasteiger partial charge in [-0.2, -0.15) is 0 Å². The zero-order valence-electron chi connectivity index (χ0n) is 13.0. The highest BCUT2D eigenvalue weighted by atomic mass is 32.2. The molecule has 2 aliphatic rings. The fourth-order valence-corrected chi connectivity index (χ4v) is 6.91. The first-order valence-corrected chi connectivity index (χ1v) is 9.29. The monoisotopic (exact) mass is 323 g/mol. The standard InChI is InChI=1S/C16H22FN3OS/c1-15(12-7-3-4-8-13(12)17)11-22(21,19-2)16(14(18)20-15)9-5-6-10-16/h3-4,7-8H,5-6,9-11H2,1-2H3,(H2,18,20)/t15-,22?/m0/s1. The van der Waals surface area contributed by atoms with Crippen LogP contribution < -0.4 is 5.73 Å². The summed E-state index contributed by atoms with van der Waals surface area (Å²) < 4.78 is 31.5. The maximum Gasteiger partial charge on any atom is 0.128 e. The van der Waals surface area contributed by atoms with Crippen LogP contribution in [0.1, 0.15) is 38.2 Å². The lowest BCUT2D eigenvalue weighted by molar-refractivity contribution is 0.486. The Bertz CT molecular complexity index is 746. The van der Waals surface area contributed by atoms with Crippen LogP contribution in [0.2, 0.25) is 0 Å². The van der Waals surface area contributed by atoms with E-state index in [-0.39, 0.29) is 11.6 Å². The zero-order valence-corrected chi connectivity index (χ0v) is 13.8. The molecular formula is C16H22FN3OS. The lowest BCUT2D eigenvalue weighted by Gasteiger charge is -2.42. The first kappa shape index (κ1) is 15.5. The topological polar surface area (TPSA) is 67.8 Å². The molecule has 1 unspecified atom stereocenters. The van der Waals surface area contributed by atoms with E-state index in [1.165, 1.54) is 6.07 Å². The van der Waals surface area contributed by atoms with E-state index >= 15 is 0 Å². The van der Waals surface area contributed by atoms with Gasteiger partial charge < -0.3 is 5.73 Å². The predicted molar refractivity (Wildman–Crippen MR) is 87.9 cm³/mol. The van der Waals surface area contributed by atoms with Gasteiger partial charge in [-0.15, -0.1) is 0 Å². The third-order valence-corrected chi connectivity index (χ3v) is 8.46. The number of rotatable bonds is 1. The smallest absolute Gasteiger partial charge is 0.128 e. The summed E-state index contributed by atoms with van der Waals surface area (Å²) in [5, 5.41) is 0. The SMILES string of the molecule is CN=S1(=O)C[C@@](C)(c2ccccc2F)N=C(N)C12CCCC2. The van der Waals surface area contributed by atoms with Crippen LogP contribution in [0.5, 0.6) is 0 Å². The number of amidine groups is 1. The van der Waals surface area contributed by atoms with Gasteiger partial charge in [-0.3, -0.25) is 4.99 Å². The van der Waals surface area contributed by atoms with Gasteiger partial charge >= 0.3 is 0 Å². The molecule has 22 heavy (non-hydrogen) atoms. The van der Waals surface area contributed by atoms with Crippen molar-refractivity contribution in [2.24, 2.45) is 15.1 Å². The molecule has 2 atom stereocenters. The van der Waals surface area contributed by atoms with Crippen LogP contribution in [0.15, 0.2) is 33.6 Å². The summed E-state index contributed by atoms with van der Waals surface area (Å²) in [6.07, 6.45) is 3.48. The van der Waals surface area contributed by atoms with E-state index < -0.39 is 20.0 Å². The van der Waals surface area contributed by atoms with Crippen molar-refractivity contribution in [3.8, 4) is 0 Å². The molecule has 0 bridgehead atoms. The summed E-state index contributed by atoms with van der Waals surface area (Å²) in [6, 6.07) is 6.49. The Balaban J connectivity index is 2.21. The van der Waals surface area contributed by atoms with Crippen LogP contribution in [-0.2, 0) is 15.3 Å². The Hall–Kier alpha value is -1.43. The molecule has 1 fully saturated rings. The molecule has 2 N–H and O–H groups in total. The van der Waals surface area contributed by atoms with Gasteiger partial charge in [0.2, 0.25) is 0 Å². The van der Waals surface area contributed by atoms with Crippen molar-refractivity contribution < 1.29 is 8.60 Å². The van der Waals surface area contributed by atoms with Crippen LogP contribution in [0.3, 0.4) is 0 Å². The van der Waals surface area contributed by atoms with Crippen molar-refractivity contribution in [3.63, 3.8) is 0 Å². The summed E-state index contributed by atoms with van der Waals surface area (Å²) >= 11 is 0. The molecular weight excluding hydrogens is 301 g/mol. The predicted octanol–water partition coefficient (Wildman–Crippen LogP) is 2.82. The Morgan fingerprint density at radius 2 is 1.95 bits per heavy atom. The number of nitrogens with zero attached hydrogens (tertiary/aromatic N) is 2. The summed E-state index contributed by atoms with van der Waals surface area (Å²) in [5.74, 6) is 0.261. The van der Waals surface area contributed by atoms with E-state index in [0.29, 0.717) is 11.4 Å². The van der Waals surface area contributed by atoms with Gasteiger partial charge in [-0.25, -0.2) is 13.0 Å². The van der Waals surface area contributed by atoms with Crippen LogP contribution in [-0.4, -0.2) is 27.6 Å². The molecule has 1 saturated carbocycles. The maximum absolute atomic E-state index is 14.2. The molecule has 0 aromatic heterocycles. The van der Waals surface area contributed by atoms with Gasteiger partial charge in [0.25, 0.3) is 0 Å². The lowest BCUT2D eigenvalue weighted by atomic mass is 9.93. The molecule has 120 valence electrons. The molecule has 1 aliphatic heterocycles. The van der Waals surface area contributed by atoms with Crippen LogP contribution in [0.4, 0.5) is 4.39 Å². The largest absolute Gasteiger partial charge is 0.386 e. The Kier molecular flexibility index (Phi) is 3.55. The fraction of sp³-hybridized carbons (Fsp3) is 0.562. The third-order valence-electron chi connectivity index (χ3n) is 5.08. The summed E-state index contributed by atoms with van der Waals surface area (Å²) in [7, 11) is -1.00. The second-order valence-corrected chi connectivity index (χ2v) is 9.14. The molecule has 1 aliphatic carbocycles. The van der Waals surface area contributed by atoms with Gasteiger partial charge in [0.15, 0.2) is 0 Å². The van der Waals surface area contributed by atoms with E-state index in [2.05, 4.69) is 9.36 Å². The summed E-state index contributed by atoms with van der Waals surface area (Å²) in [4.78, 5) is 4.64. The zero-order chi connectivity index (χ0) is 16.0. The van der Waals surface area contributed by atoms with Crippen molar-refractivity contribution in [2.75, 3.05) is 12.8 Å². The maximum atomic E-state index is 14.2. The summed E-state index contributed by atoms with van der Waals surface area (Å²) in [5.41, 5.74) is 5.78. The van der Waals surface area contributed by atoms with Crippen LogP contribution >= 0.6 is 0 Å². The Morgan fingerprint density at radius 1 is 1.32 bits per heavy atom. The Labute approximate surface area is 131 Å². The molecule has 1 spiro atoms. The number of benzene rings is 1. The van der Waals surface area contributed by atoms with Gasteiger partial charge in [0.05, 0.1) is 15.5 Å². The van der Waals surface area contributed by atoms with E-state index in [9.17, 15) is 8.60 Å². The van der Waals surface area contributed by atoms with Crippen LogP contribution in [0.25, 0.3) is 0 Å². The van der Waals surface area contributed by atoms with Crippen LogP contribution in [0, 0.1) is 5.82 Å². The quantitative estimate of drug-likeness (QED) is 0.863. The van der Waals surface area contributed by atoms with E-state index in [1.54, 1.807) is 32.2 Å². The minimum Gasteiger partial charge on any atom is -0.386 e. The third kappa shape index (κ3) is 2.00. The second-order valence-electron chi connectivity index (χ2n) is 6.42. The minimum absolute atomic E-state index is 0.220. The molecule has 0 saturated heterocycles. The molecule has 0 amide bonds. The van der Waals surface area contributed by atoms with Crippen molar-refractivity contribution in [3.05, 3.63) is 35.6 Å². The minimum atomic E-state index is -2.59. The number of hydrogen-bond donors (Lipinski definition) is 1. The van der Waals surface area contributed by atoms with Crippen molar-refractivity contribution in [1.82, 2.24) is 0 Å². The van der Waals surface area contributed by atoms with Crippen molar-refractivity contribution in [2.45, 2.75) is 42.9 Å². The highest BCUT2D eigenvalue weighted by Gasteiger charge is 2.54. The average Bonchev–Trinajstić information content (AvgIpc) is 2.97. The molecule has 6 heteroatoms. The van der Waals surface area contributed by atoms with E-state index in [0.717, 1.165) is 25.7 Å². The lowest BCUT2D eigenvalue weighted by Crippen LogP contribution is -2.56. The van der Waals surface area contributed by atoms with Gasteiger partial charge in [-0.05, 0) is 25.8 Å². The van der Waals surface area contributed by atoms with Gasteiger partial charge in [0.1, 0.15) is 21.9 Å².